The van der Waals surface area contributed by atoms with Gasteiger partial charge in [0.05, 0.1) is 5.02 Å². The molecule has 1 amide bonds. The van der Waals surface area contributed by atoms with E-state index in [1.165, 1.54) is 36.6 Å². The molecule has 1 aliphatic rings. The summed E-state index contributed by atoms with van der Waals surface area (Å²) in [4.78, 5) is 15.0. The maximum atomic E-state index is 12.8. The zero-order valence-corrected chi connectivity index (χ0v) is 20.4. The van der Waals surface area contributed by atoms with Gasteiger partial charge in [-0.05, 0) is 60.8 Å². The number of nitrogens with zero attached hydrogens (tertiary/aromatic N) is 1. The van der Waals surface area contributed by atoms with Gasteiger partial charge < -0.3 is 5.32 Å². The minimum Gasteiger partial charge on any atom is -0.348 e. The van der Waals surface area contributed by atoms with E-state index in [0.29, 0.717) is 6.54 Å². The number of carbonyl (C=O) groups excluding carboxylic acids is 1. The second kappa shape index (κ2) is 11.1. The van der Waals surface area contributed by atoms with Gasteiger partial charge in [-0.3, -0.25) is 9.69 Å². The molecule has 6 nitrogen and oxygen atoms in total. The highest BCUT2D eigenvalue weighted by Gasteiger charge is 2.20. The molecule has 0 unspecified atom stereocenters. The third-order valence-electron chi connectivity index (χ3n) is 5.87. The summed E-state index contributed by atoms with van der Waals surface area (Å²) in [7, 11) is -3.89. The molecule has 4 rings (SSSR count). The summed E-state index contributed by atoms with van der Waals surface area (Å²) in [6.45, 7) is 3.73. The van der Waals surface area contributed by atoms with Crippen molar-refractivity contribution in [3.05, 3.63) is 100 Å². The van der Waals surface area contributed by atoms with Crippen molar-refractivity contribution in [2.75, 3.05) is 13.1 Å². The van der Waals surface area contributed by atoms with Crippen LogP contribution < -0.4 is 10.0 Å². The van der Waals surface area contributed by atoms with E-state index in [1.54, 1.807) is 0 Å². The number of likely N-dealkylation sites (tertiary alicyclic amines) is 1. The molecule has 3 aromatic carbocycles. The Labute approximate surface area is 206 Å². The van der Waals surface area contributed by atoms with Gasteiger partial charge in [0.2, 0.25) is 10.0 Å². The van der Waals surface area contributed by atoms with Crippen molar-refractivity contribution in [3.8, 4) is 0 Å². The van der Waals surface area contributed by atoms with Gasteiger partial charge in [-0.1, -0.05) is 66.2 Å². The van der Waals surface area contributed by atoms with Crippen LogP contribution in [0.1, 0.15) is 39.9 Å². The molecule has 1 aliphatic heterocycles. The first-order valence-electron chi connectivity index (χ1n) is 11.3. The van der Waals surface area contributed by atoms with Crippen molar-refractivity contribution in [1.29, 1.82) is 0 Å². The number of carbonyl (C=O) groups is 1. The van der Waals surface area contributed by atoms with Gasteiger partial charge in [-0.2, -0.15) is 0 Å². The molecule has 0 bridgehead atoms. The summed E-state index contributed by atoms with van der Waals surface area (Å²) in [6, 6.07) is 21.6. The predicted molar refractivity (Wildman–Crippen MR) is 134 cm³/mol. The first kappa shape index (κ1) is 24.4. The van der Waals surface area contributed by atoms with E-state index < -0.39 is 10.0 Å². The lowest BCUT2D eigenvalue weighted by Gasteiger charge is -2.15. The maximum Gasteiger partial charge on any atom is 0.251 e. The molecule has 8 heteroatoms. The lowest BCUT2D eigenvalue weighted by atomic mass is 10.1. The first-order valence-corrected chi connectivity index (χ1v) is 13.2. The Balaban J connectivity index is 1.37. The number of sulfonamides is 1. The van der Waals surface area contributed by atoms with Crippen LogP contribution in [0.2, 0.25) is 5.02 Å². The lowest BCUT2D eigenvalue weighted by molar-refractivity contribution is 0.0950. The standard InChI is InChI=1S/C26H28ClN3O3S/c27-24-13-12-23(16-25(24)34(32,33)29-18-20-6-2-1-3-7-20)26(31)28-17-21-8-10-22(11-9-21)19-30-14-4-5-15-30/h1-3,6-13,16,29H,4-5,14-15,17-19H2,(H,28,31). The highest BCUT2D eigenvalue weighted by Crippen LogP contribution is 2.23. The quantitative estimate of drug-likeness (QED) is 0.461. The molecular formula is C26H28ClN3O3S. The van der Waals surface area contributed by atoms with Crippen molar-refractivity contribution in [1.82, 2.24) is 14.9 Å². The molecule has 34 heavy (non-hydrogen) atoms. The molecule has 0 radical (unpaired) electrons. The Morgan fingerprint density at radius 3 is 2.21 bits per heavy atom. The minimum atomic E-state index is -3.89. The van der Waals surface area contributed by atoms with Gasteiger partial charge in [-0.25, -0.2) is 13.1 Å². The van der Waals surface area contributed by atoms with Crippen LogP contribution in [0.25, 0.3) is 0 Å². The van der Waals surface area contributed by atoms with Crippen LogP contribution in [0.5, 0.6) is 0 Å². The Kier molecular flexibility index (Phi) is 8.00. The topological polar surface area (TPSA) is 78.5 Å². The van der Waals surface area contributed by atoms with Crippen LogP contribution in [-0.4, -0.2) is 32.3 Å². The van der Waals surface area contributed by atoms with Crippen LogP contribution in [0.4, 0.5) is 0 Å². The average Bonchev–Trinajstić information content (AvgIpc) is 3.36. The SMILES string of the molecule is O=C(NCc1ccc(CN2CCCC2)cc1)c1ccc(Cl)c(S(=O)(=O)NCc2ccccc2)c1. The summed E-state index contributed by atoms with van der Waals surface area (Å²) in [6.07, 6.45) is 2.53. The van der Waals surface area contributed by atoms with Crippen molar-refractivity contribution < 1.29 is 13.2 Å². The molecule has 178 valence electrons. The molecule has 0 saturated carbocycles. The van der Waals surface area contributed by atoms with Gasteiger partial charge in [0.25, 0.3) is 5.91 Å². The van der Waals surface area contributed by atoms with E-state index in [4.69, 9.17) is 11.6 Å². The molecule has 1 fully saturated rings. The Morgan fingerprint density at radius 2 is 1.50 bits per heavy atom. The van der Waals surface area contributed by atoms with Crippen LogP contribution in [0.15, 0.2) is 77.7 Å². The van der Waals surface area contributed by atoms with Crippen LogP contribution in [0, 0.1) is 0 Å². The van der Waals surface area contributed by atoms with E-state index >= 15 is 0 Å². The van der Waals surface area contributed by atoms with E-state index in [-0.39, 0.29) is 27.9 Å². The minimum absolute atomic E-state index is 0.0608. The molecule has 0 aromatic heterocycles. The van der Waals surface area contributed by atoms with Gasteiger partial charge in [0, 0.05) is 25.2 Å². The second-order valence-electron chi connectivity index (χ2n) is 8.44. The van der Waals surface area contributed by atoms with Crippen LogP contribution in [-0.2, 0) is 29.7 Å². The molecule has 1 saturated heterocycles. The summed E-state index contributed by atoms with van der Waals surface area (Å²) < 4.78 is 28.2. The van der Waals surface area contributed by atoms with Crippen LogP contribution >= 0.6 is 11.6 Å². The number of amides is 1. The van der Waals surface area contributed by atoms with E-state index in [1.807, 2.05) is 42.5 Å². The summed E-state index contributed by atoms with van der Waals surface area (Å²) in [5, 5.41) is 2.92. The highest BCUT2D eigenvalue weighted by molar-refractivity contribution is 7.89. The lowest BCUT2D eigenvalue weighted by Crippen LogP contribution is -2.25. The molecule has 2 N–H and O–H groups in total. The van der Waals surface area contributed by atoms with Gasteiger partial charge in [0.15, 0.2) is 0 Å². The number of rotatable bonds is 9. The fraction of sp³-hybridized carbons (Fsp3) is 0.269. The molecule has 1 heterocycles. The highest BCUT2D eigenvalue weighted by atomic mass is 35.5. The number of nitrogens with one attached hydrogen (secondary N) is 2. The monoisotopic (exact) mass is 497 g/mol. The van der Waals surface area contributed by atoms with E-state index in [0.717, 1.165) is 30.8 Å². The smallest absolute Gasteiger partial charge is 0.251 e. The van der Waals surface area contributed by atoms with Crippen LogP contribution in [0.3, 0.4) is 0 Å². The van der Waals surface area contributed by atoms with Crippen molar-refractivity contribution in [3.63, 3.8) is 0 Å². The summed E-state index contributed by atoms with van der Waals surface area (Å²) >= 11 is 6.16. The molecule has 0 aliphatic carbocycles. The largest absolute Gasteiger partial charge is 0.348 e. The number of benzene rings is 3. The fourth-order valence-corrected chi connectivity index (χ4v) is 5.49. The third kappa shape index (κ3) is 6.45. The normalized spacial score (nSPS) is 14.3. The van der Waals surface area contributed by atoms with E-state index in [9.17, 15) is 13.2 Å². The molecule has 3 aromatic rings. The number of hydrogen-bond acceptors (Lipinski definition) is 4. The Bertz CT molecular complexity index is 1230. The third-order valence-corrected chi connectivity index (χ3v) is 7.76. The maximum absolute atomic E-state index is 12.8. The first-order chi connectivity index (χ1) is 16.4. The van der Waals surface area contributed by atoms with Crippen molar-refractivity contribution in [2.24, 2.45) is 0 Å². The van der Waals surface area contributed by atoms with Gasteiger partial charge >= 0.3 is 0 Å². The zero-order chi connectivity index (χ0) is 24.0. The zero-order valence-electron chi connectivity index (χ0n) is 18.8. The van der Waals surface area contributed by atoms with Crippen molar-refractivity contribution in [2.45, 2.75) is 37.4 Å². The molecular weight excluding hydrogens is 470 g/mol. The van der Waals surface area contributed by atoms with Gasteiger partial charge in [-0.15, -0.1) is 0 Å². The van der Waals surface area contributed by atoms with E-state index in [2.05, 4.69) is 27.1 Å². The molecule has 0 spiro atoms. The summed E-state index contributed by atoms with van der Waals surface area (Å²) in [5.74, 6) is -0.364. The fourth-order valence-electron chi connectivity index (χ4n) is 3.95. The molecule has 0 atom stereocenters. The van der Waals surface area contributed by atoms with Crippen molar-refractivity contribution >= 4 is 27.5 Å². The van der Waals surface area contributed by atoms with Gasteiger partial charge in [0.1, 0.15) is 4.90 Å². The second-order valence-corrected chi connectivity index (χ2v) is 10.6. The average molecular weight is 498 g/mol. The number of halogens is 1. The number of hydrogen-bond donors (Lipinski definition) is 2. The Morgan fingerprint density at radius 1 is 0.853 bits per heavy atom. The predicted octanol–water partition coefficient (Wildman–Crippen LogP) is 4.34. The Hall–Kier alpha value is -2.71. The summed E-state index contributed by atoms with van der Waals surface area (Å²) in [5.41, 5.74) is 3.29.